The lowest BCUT2D eigenvalue weighted by molar-refractivity contribution is -0.112. The average molecular weight is 422 g/mol. The van der Waals surface area contributed by atoms with Crippen molar-refractivity contribution < 1.29 is 14.3 Å². The molecule has 0 fully saturated rings. The van der Waals surface area contributed by atoms with Gasteiger partial charge >= 0.3 is 0 Å². The number of carbonyl (C=O) groups excluding carboxylic acids is 1. The first kappa shape index (κ1) is 20.9. The van der Waals surface area contributed by atoms with E-state index in [1.54, 1.807) is 19.3 Å². The summed E-state index contributed by atoms with van der Waals surface area (Å²) in [4.78, 5) is 16.2. The standard InChI is InChI=1S/C27H22N2O3/c1-19(2)27(30)29-21-8-6-7-20(17-21)25-18-28-16-15-26(25)32-24-13-11-23(12-14-24)31-22-9-4-3-5-10-22/h3-18H,1H2,2H3,(H,29,30). The number of carbonyl (C=O) groups is 1. The molecule has 158 valence electrons. The third kappa shape index (κ3) is 5.21. The van der Waals surface area contributed by atoms with Gasteiger partial charge in [-0.05, 0) is 67.1 Å². The molecule has 1 heterocycles. The number of aromatic nitrogens is 1. The smallest absolute Gasteiger partial charge is 0.250 e. The minimum Gasteiger partial charge on any atom is -0.457 e. The van der Waals surface area contributed by atoms with E-state index in [0.29, 0.717) is 22.8 Å². The summed E-state index contributed by atoms with van der Waals surface area (Å²) in [7, 11) is 0. The van der Waals surface area contributed by atoms with E-state index in [1.807, 2.05) is 84.9 Å². The zero-order valence-corrected chi connectivity index (χ0v) is 17.6. The van der Waals surface area contributed by atoms with Gasteiger partial charge in [0.15, 0.2) is 0 Å². The van der Waals surface area contributed by atoms with Crippen molar-refractivity contribution in [3.8, 4) is 34.1 Å². The van der Waals surface area contributed by atoms with Crippen molar-refractivity contribution in [3.63, 3.8) is 0 Å². The summed E-state index contributed by atoms with van der Waals surface area (Å²) in [5, 5.41) is 2.83. The van der Waals surface area contributed by atoms with Crippen LogP contribution < -0.4 is 14.8 Å². The third-order valence-electron chi connectivity index (χ3n) is 4.63. The van der Waals surface area contributed by atoms with E-state index < -0.39 is 0 Å². The monoisotopic (exact) mass is 422 g/mol. The molecule has 5 heteroatoms. The molecule has 0 atom stereocenters. The predicted octanol–water partition coefficient (Wildman–Crippen LogP) is 6.85. The molecule has 0 bridgehead atoms. The maximum Gasteiger partial charge on any atom is 0.250 e. The van der Waals surface area contributed by atoms with Gasteiger partial charge in [-0.15, -0.1) is 0 Å². The SMILES string of the molecule is C=C(C)C(=O)Nc1cccc(-c2cnccc2Oc2ccc(Oc3ccccc3)cc2)c1. The number of amides is 1. The molecule has 0 aliphatic carbocycles. The van der Waals surface area contributed by atoms with Crippen LogP contribution in [0.4, 0.5) is 5.69 Å². The van der Waals surface area contributed by atoms with E-state index in [0.717, 1.165) is 22.6 Å². The minimum atomic E-state index is -0.220. The summed E-state index contributed by atoms with van der Waals surface area (Å²) in [5.41, 5.74) is 2.80. The molecule has 1 amide bonds. The molecule has 0 unspecified atom stereocenters. The van der Waals surface area contributed by atoms with E-state index in [-0.39, 0.29) is 5.91 Å². The van der Waals surface area contributed by atoms with Crippen molar-refractivity contribution in [2.45, 2.75) is 6.92 Å². The molecule has 32 heavy (non-hydrogen) atoms. The number of benzene rings is 3. The zero-order valence-electron chi connectivity index (χ0n) is 17.6. The number of nitrogens with zero attached hydrogens (tertiary/aromatic N) is 1. The molecular weight excluding hydrogens is 400 g/mol. The Balaban J connectivity index is 1.53. The topological polar surface area (TPSA) is 60.5 Å². The number of rotatable bonds is 7. The van der Waals surface area contributed by atoms with Crippen LogP contribution in [0.3, 0.4) is 0 Å². The molecule has 0 saturated heterocycles. The van der Waals surface area contributed by atoms with Crippen molar-refractivity contribution in [3.05, 3.63) is 109 Å². The van der Waals surface area contributed by atoms with Gasteiger partial charge in [0.05, 0.1) is 0 Å². The van der Waals surface area contributed by atoms with Gasteiger partial charge in [0.2, 0.25) is 0 Å². The summed E-state index contributed by atoms with van der Waals surface area (Å²) in [6.45, 7) is 5.34. The van der Waals surface area contributed by atoms with Gasteiger partial charge in [0.1, 0.15) is 23.0 Å². The van der Waals surface area contributed by atoms with Crippen LogP contribution >= 0.6 is 0 Å². The highest BCUT2D eigenvalue weighted by molar-refractivity contribution is 6.03. The third-order valence-corrected chi connectivity index (χ3v) is 4.63. The molecule has 4 rings (SSSR count). The molecular formula is C27H22N2O3. The van der Waals surface area contributed by atoms with Gasteiger partial charge in [-0.25, -0.2) is 0 Å². The summed E-state index contributed by atoms with van der Waals surface area (Å²) in [5.74, 6) is 2.60. The summed E-state index contributed by atoms with van der Waals surface area (Å²) in [6.07, 6.45) is 3.42. The molecule has 0 saturated carbocycles. The number of nitrogens with one attached hydrogen (secondary N) is 1. The number of hydrogen-bond donors (Lipinski definition) is 1. The van der Waals surface area contributed by atoms with Gasteiger partial charge in [-0.3, -0.25) is 9.78 Å². The van der Waals surface area contributed by atoms with Gasteiger partial charge in [-0.1, -0.05) is 36.9 Å². The maximum atomic E-state index is 12.0. The van der Waals surface area contributed by atoms with Crippen LogP contribution in [-0.4, -0.2) is 10.9 Å². The molecule has 3 aromatic carbocycles. The first-order valence-corrected chi connectivity index (χ1v) is 10.1. The van der Waals surface area contributed by atoms with Crippen molar-refractivity contribution in [2.24, 2.45) is 0 Å². The number of pyridine rings is 1. The Labute approximate surface area is 187 Å². The molecule has 4 aromatic rings. The second kappa shape index (κ2) is 9.62. The Bertz CT molecular complexity index is 1240. The van der Waals surface area contributed by atoms with E-state index >= 15 is 0 Å². The fraction of sp³-hybridized carbons (Fsp3) is 0.0370. The average Bonchev–Trinajstić information content (AvgIpc) is 2.81. The van der Waals surface area contributed by atoms with Crippen LogP contribution in [0, 0.1) is 0 Å². The first-order valence-electron chi connectivity index (χ1n) is 10.1. The van der Waals surface area contributed by atoms with Gasteiger partial charge in [0, 0.05) is 29.2 Å². The second-order valence-corrected chi connectivity index (χ2v) is 7.18. The molecule has 0 aliphatic rings. The van der Waals surface area contributed by atoms with E-state index in [1.165, 1.54) is 0 Å². The number of ether oxygens (including phenoxy) is 2. The molecule has 0 spiro atoms. The van der Waals surface area contributed by atoms with Crippen LogP contribution in [0.5, 0.6) is 23.0 Å². The normalized spacial score (nSPS) is 10.3. The lowest BCUT2D eigenvalue weighted by atomic mass is 10.1. The van der Waals surface area contributed by atoms with E-state index in [9.17, 15) is 4.79 Å². The fourth-order valence-electron chi connectivity index (χ4n) is 3.02. The molecule has 1 N–H and O–H groups in total. The molecule has 0 aliphatic heterocycles. The molecule has 0 radical (unpaired) electrons. The second-order valence-electron chi connectivity index (χ2n) is 7.18. The van der Waals surface area contributed by atoms with Crippen LogP contribution in [0.25, 0.3) is 11.1 Å². The Hall–Kier alpha value is -4.38. The first-order chi connectivity index (χ1) is 15.6. The molecule has 5 nitrogen and oxygen atoms in total. The van der Waals surface area contributed by atoms with Crippen LogP contribution in [0.1, 0.15) is 6.92 Å². The summed E-state index contributed by atoms with van der Waals surface area (Å²) < 4.78 is 12.0. The van der Waals surface area contributed by atoms with Crippen LogP contribution in [0.2, 0.25) is 0 Å². The van der Waals surface area contributed by atoms with Crippen molar-refractivity contribution in [2.75, 3.05) is 5.32 Å². The summed E-state index contributed by atoms with van der Waals surface area (Å²) >= 11 is 0. The van der Waals surface area contributed by atoms with Crippen molar-refractivity contribution in [1.29, 1.82) is 0 Å². The van der Waals surface area contributed by atoms with Gasteiger partial charge < -0.3 is 14.8 Å². The number of anilines is 1. The molecule has 1 aromatic heterocycles. The highest BCUT2D eigenvalue weighted by Gasteiger charge is 2.10. The highest BCUT2D eigenvalue weighted by Crippen LogP contribution is 2.34. The van der Waals surface area contributed by atoms with Gasteiger partial charge in [-0.2, -0.15) is 0 Å². The van der Waals surface area contributed by atoms with E-state index in [4.69, 9.17) is 9.47 Å². The maximum absolute atomic E-state index is 12.0. The fourth-order valence-corrected chi connectivity index (χ4v) is 3.02. The Kier molecular flexibility index (Phi) is 6.28. The Morgan fingerprint density at radius 3 is 2.25 bits per heavy atom. The summed E-state index contributed by atoms with van der Waals surface area (Å²) in [6, 6.07) is 26.4. The predicted molar refractivity (Wildman–Crippen MR) is 126 cm³/mol. The zero-order chi connectivity index (χ0) is 22.3. The van der Waals surface area contributed by atoms with Crippen LogP contribution in [0.15, 0.2) is 109 Å². The van der Waals surface area contributed by atoms with E-state index in [2.05, 4.69) is 16.9 Å². The Morgan fingerprint density at radius 2 is 1.53 bits per heavy atom. The highest BCUT2D eigenvalue weighted by atomic mass is 16.5. The number of para-hydroxylation sites is 1. The minimum absolute atomic E-state index is 0.220. The lowest BCUT2D eigenvalue weighted by Crippen LogP contribution is -2.11. The van der Waals surface area contributed by atoms with Gasteiger partial charge in [0.25, 0.3) is 5.91 Å². The van der Waals surface area contributed by atoms with Crippen LogP contribution in [-0.2, 0) is 4.79 Å². The quantitative estimate of drug-likeness (QED) is 0.331. The number of hydrogen-bond acceptors (Lipinski definition) is 4. The largest absolute Gasteiger partial charge is 0.457 e. The van der Waals surface area contributed by atoms with Crippen molar-refractivity contribution >= 4 is 11.6 Å². The lowest BCUT2D eigenvalue weighted by Gasteiger charge is -2.13. The van der Waals surface area contributed by atoms with Crippen molar-refractivity contribution in [1.82, 2.24) is 4.98 Å². The Morgan fingerprint density at radius 1 is 0.844 bits per heavy atom.